The molecule has 1 heteroatoms. The van der Waals surface area contributed by atoms with Crippen molar-refractivity contribution in [2.75, 3.05) is 6.16 Å². The van der Waals surface area contributed by atoms with Crippen LogP contribution < -0.4 is 15.9 Å². The van der Waals surface area contributed by atoms with Gasteiger partial charge in [-0.15, -0.1) is 0 Å². The topological polar surface area (TPSA) is 0 Å². The van der Waals surface area contributed by atoms with E-state index in [1.54, 1.807) is 0 Å². The first-order chi connectivity index (χ1) is 13.9. The van der Waals surface area contributed by atoms with Crippen molar-refractivity contribution in [1.29, 1.82) is 0 Å². The standard InChI is InChI=1S/C27H27P/c1-5-14-24(15-6-1)16-13-23-28(25-17-7-2-8-18-25,26-19-9-3-10-20-26)27-21-11-4-12-22-27/h1-12,14-15,17-22,28H,13,16,23H2. The van der Waals surface area contributed by atoms with Crippen LogP contribution in [-0.2, 0) is 6.42 Å². The monoisotopic (exact) mass is 382 g/mol. The van der Waals surface area contributed by atoms with Gasteiger partial charge in [-0.25, -0.2) is 0 Å². The molecule has 4 rings (SSSR count). The van der Waals surface area contributed by atoms with Crippen LogP contribution in [0, 0.1) is 0 Å². The average molecular weight is 382 g/mol. The Morgan fingerprint density at radius 2 is 0.786 bits per heavy atom. The molecule has 0 radical (unpaired) electrons. The molecule has 140 valence electrons. The third-order valence-corrected chi connectivity index (χ3v) is 10.7. The second kappa shape index (κ2) is 9.00. The third-order valence-electron chi connectivity index (χ3n) is 5.66. The summed E-state index contributed by atoms with van der Waals surface area (Å²) in [5.74, 6) is 0. The van der Waals surface area contributed by atoms with Gasteiger partial charge < -0.3 is 0 Å². The average Bonchev–Trinajstić information content (AvgIpc) is 2.79. The van der Waals surface area contributed by atoms with E-state index >= 15 is 0 Å². The van der Waals surface area contributed by atoms with Crippen molar-refractivity contribution in [3.63, 3.8) is 0 Å². The molecule has 0 atom stereocenters. The zero-order valence-corrected chi connectivity index (χ0v) is 17.2. The van der Waals surface area contributed by atoms with Gasteiger partial charge in [-0.1, -0.05) is 0 Å². The van der Waals surface area contributed by atoms with Gasteiger partial charge in [-0.05, 0) is 0 Å². The predicted molar refractivity (Wildman–Crippen MR) is 126 cm³/mol. The van der Waals surface area contributed by atoms with Gasteiger partial charge in [-0.3, -0.25) is 0 Å². The van der Waals surface area contributed by atoms with Gasteiger partial charge in [0.1, 0.15) is 0 Å². The Bertz CT molecular complexity index is 867. The maximum atomic E-state index is 2.34. The van der Waals surface area contributed by atoms with E-state index in [0.717, 1.165) is 6.42 Å². The second-order valence-corrected chi connectivity index (χ2v) is 11.4. The summed E-state index contributed by atoms with van der Waals surface area (Å²) in [4.78, 5) is 0. The van der Waals surface area contributed by atoms with Crippen LogP contribution in [0.3, 0.4) is 0 Å². The molecule has 0 saturated heterocycles. The van der Waals surface area contributed by atoms with Crippen LogP contribution >= 0.6 is 7.26 Å². The number of benzene rings is 4. The molecule has 0 aliphatic rings. The van der Waals surface area contributed by atoms with Gasteiger partial charge in [0, 0.05) is 0 Å². The molecule has 4 aromatic carbocycles. The zero-order chi connectivity index (χ0) is 19.1. The first kappa shape index (κ1) is 18.7. The van der Waals surface area contributed by atoms with E-state index in [9.17, 15) is 0 Å². The summed E-state index contributed by atoms with van der Waals surface area (Å²) in [5, 5.41) is 4.50. The van der Waals surface area contributed by atoms with Crippen LogP contribution in [0.5, 0.6) is 0 Å². The number of rotatable bonds is 7. The fraction of sp³-hybridized carbons (Fsp3) is 0.111. The van der Waals surface area contributed by atoms with Crippen LogP contribution in [0.15, 0.2) is 121 Å². The van der Waals surface area contributed by atoms with Crippen molar-refractivity contribution < 1.29 is 0 Å². The Balaban J connectivity index is 1.79. The Morgan fingerprint density at radius 1 is 0.429 bits per heavy atom. The quantitative estimate of drug-likeness (QED) is 0.378. The molecule has 0 heterocycles. The molecule has 0 unspecified atom stereocenters. The summed E-state index contributed by atoms with van der Waals surface area (Å²) in [6.07, 6.45) is 3.52. The molecule has 0 nitrogen and oxygen atoms in total. The van der Waals surface area contributed by atoms with E-state index in [2.05, 4.69) is 121 Å². The van der Waals surface area contributed by atoms with Crippen molar-refractivity contribution in [2.24, 2.45) is 0 Å². The number of hydrogen-bond acceptors (Lipinski definition) is 0. The molecule has 0 amide bonds. The molecule has 0 aromatic heterocycles. The van der Waals surface area contributed by atoms with Crippen LogP contribution in [-0.4, -0.2) is 6.16 Å². The fourth-order valence-corrected chi connectivity index (χ4v) is 9.16. The molecular formula is C27H27P. The second-order valence-electron chi connectivity index (χ2n) is 7.34. The molecule has 4 aromatic rings. The van der Waals surface area contributed by atoms with Crippen LogP contribution in [0.4, 0.5) is 0 Å². The van der Waals surface area contributed by atoms with Gasteiger partial charge in [0.2, 0.25) is 0 Å². The summed E-state index contributed by atoms with van der Waals surface area (Å²) in [7, 11) is -2.08. The Kier molecular flexibility index (Phi) is 6.00. The molecule has 28 heavy (non-hydrogen) atoms. The molecule has 0 bridgehead atoms. The maximum absolute atomic E-state index is 2.34. The van der Waals surface area contributed by atoms with Crippen molar-refractivity contribution >= 4 is 23.2 Å². The van der Waals surface area contributed by atoms with Crippen molar-refractivity contribution in [1.82, 2.24) is 0 Å². The number of hydrogen-bond donors (Lipinski definition) is 0. The summed E-state index contributed by atoms with van der Waals surface area (Å²) < 4.78 is 0. The molecule has 0 N–H and O–H groups in total. The van der Waals surface area contributed by atoms with Gasteiger partial charge in [0.05, 0.1) is 0 Å². The Hall–Kier alpha value is -2.69. The van der Waals surface area contributed by atoms with Crippen LogP contribution in [0.25, 0.3) is 0 Å². The molecule has 0 saturated carbocycles. The van der Waals surface area contributed by atoms with Crippen LogP contribution in [0.1, 0.15) is 12.0 Å². The fourth-order valence-electron chi connectivity index (χ4n) is 4.30. The van der Waals surface area contributed by atoms with Crippen molar-refractivity contribution in [2.45, 2.75) is 12.8 Å². The van der Waals surface area contributed by atoms with Gasteiger partial charge in [0.15, 0.2) is 0 Å². The van der Waals surface area contributed by atoms with Gasteiger partial charge in [-0.2, -0.15) is 0 Å². The van der Waals surface area contributed by atoms with E-state index in [1.165, 1.54) is 34.1 Å². The van der Waals surface area contributed by atoms with Crippen molar-refractivity contribution in [3.8, 4) is 0 Å². The molecule has 0 spiro atoms. The first-order valence-electron chi connectivity index (χ1n) is 10.1. The van der Waals surface area contributed by atoms with Crippen LogP contribution in [0.2, 0.25) is 0 Å². The number of aryl methyl sites for hydroxylation is 1. The Morgan fingerprint density at radius 3 is 1.18 bits per heavy atom. The normalized spacial score (nSPS) is 11.9. The molecular weight excluding hydrogens is 355 g/mol. The zero-order valence-electron chi connectivity index (χ0n) is 16.2. The van der Waals surface area contributed by atoms with E-state index in [4.69, 9.17) is 0 Å². The summed E-state index contributed by atoms with van der Waals surface area (Å²) in [6, 6.07) is 44.5. The minimum absolute atomic E-state index is 1.13. The molecule has 0 aliphatic carbocycles. The molecule has 0 fully saturated rings. The van der Waals surface area contributed by atoms with E-state index in [0.29, 0.717) is 0 Å². The van der Waals surface area contributed by atoms with E-state index < -0.39 is 7.26 Å². The summed E-state index contributed by atoms with van der Waals surface area (Å²) >= 11 is 0. The van der Waals surface area contributed by atoms with Gasteiger partial charge >= 0.3 is 169 Å². The summed E-state index contributed by atoms with van der Waals surface area (Å²) in [6.45, 7) is 0. The molecule has 0 aliphatic heterocycles. The SMILES string of the molecule is c1ccc(CCC[PH](c2ccccc2)(c2ccccc2)c2ccccc2)cc1. The first-order valence-corrected chi connectivity index (χ1v) is 12.3. The predicted octanol–water partition coefficient (Wildman–Crippen LogP) is 5.35. The Labute approximate surface area is 169 Å². The van der Waals surface area contributed by atoms with Gasteiger partial charge in [0.25, 0.3) is 0 Å². The third kappa shape index (κ3) is 3.93. The van der Waals surface area contributed by atoms with E-state index in [1.807, 2.05) is 0 Å². The van der Waals surface area contributed by atoms with Crippen molar-refractivity contribution in [3.05, 3.63) is 127 Å². The van der Waals surface area contributed by atoms with E-state index in [-0.39, 0.29) is 0 Å². The summed E-state index contributed by atoms with van der Waals surface area (Å²) in [5.41, 5.74) is 1.43. The minimum atomic E-state index is -2.08.